The Hall–Kier alpha value is -3.21. The second-order valence-electron chi connectivity index (χ2n) is 8.31. The summed E-state index contributed by atoms with van der Waals surface area (Å²) >= 11 is 5.74. The summed E-state index contributed by atoms with van der Waals surface area (Å²) in [4.78, 5) is 28.7. The first-order chi connectivity index (χ1) is 17.9. The number of amides is 1. The van der Waals surface area contributed by atoms with Gasteiger partial charge in [-0.2, -0.15) is 24.4 Å². The Labute approximate surface area is 226 Å². The van der Waals surface area contributed by atoms with Crippen molar-refractivity contribution in [2.45, 2.75) is 18.5 Å². The maximum atomic E-state index is 12.5. The summed E-state index contributed by atoms with van der Waals surface area (Å²) in [6, 6.07) is 20.5. The van der Waals surface area contributed by atoms with E-state index in [4.69, 9.17) is 15.5 Å². The van der Waals surface area contributed by atoms with Gasteiger partial charge in [-0.1, -0.05) is 54.6 Å². The standard InChI is InChI=1S/C27H32N4O4S2/c1-37-14-13-24(27(33)34)30-25(32)16-35-26-23(29-15-19(28)17-36)12-11-22(31-26)21-10-6-5-9-20(21)18-7-3-2-4-8-18/h2-12,19,24,29,36H,13-17,28H2,1H3,(H,30,32)(H,33,34)/t19?,24-/m0/s1. The van der Waals surface area contributed by atoms with Gasteiger partial charge in [0.25, 0.3) is 5.91 Å². The minimum atomic E-state index is -1.08. The van der Waals surface area contributed by atoms with Crippen LogP contribution in [-0.4, -0.2) is 65.0 Å². The van der Waals surface area contributed by atoms with Crippen LogP contribution in [0.25, 0.3) is 22.4 Å². The molecule has 0 fully saturated rings. The minimum Gasteiger partial charge on any atom is -0.480 e. The van der Waals surface area contributed by atoms with Gasteiger partial charge in [0, 0.05) is 23.9 Å². The first-order valence-corrected chi connectivity index (χ1v) is 13.9. The van der Waals surface area contributed by atoms with Crippen molar-refractivity contribution in [3.05, 3.63) is 66.7 Å². The molecule has 5 N–H and O–H groups in total. The van der Waals surface area contributed by atoms with E-state index >= 15 is 0 Å². The van der Waals surface area contributed by atoms with Crippen molar-refractivity contribution in [3.8, 4) is 28.3 Å². The predicted molar refractivity (Wildman–Crippen MR) is 153 cm³/mol. The number of carboxylic acid groups (broad SMARTS) is 1. The van der Waals surface area contributed by atoms with Gasteiger partial charge in [0.05, 0.1) is 11.4 Å². The fraction of sp³-hybridized carbons (Fsp3) is 0.296. The molecule has 1 heterocycles. The molecule has 196 valence electrons. The third-order valence-electron chi connectivity index (χ3n) is 5.52. The lowest BCUT2D eigenvalue weighted by Crippen LogP contribution is -2.43. The van der Waals surface area contributed by atoms with Gasteiger partial charge in [0.2, 0.25) is 5.88 Å². The summed E-state index contributed by atoms with van der Waals surface area (Å²) in [5, 5.41) is 15.1. The molecule has 37 heavy (non-hydrogen) atoms. The number of benzene rings is 2. The normalized spacial score (nSPS) is 12.4. The monoisotopic (exact) mass is 540 g/mol. The zero-order valence-corrected chi connectivity index (χ0v) is 22.3. The number of aliphatic carboxylic acids is 1. The number of hydrogen-bond donors (Lipinski definition) is 5. The molecule has 2 aromatic carbocycles. The number of ether oxygens (including phenoxy) is 1. The van der Waals surface area contributed by atoms with Crippen LogP contribution < -0.4 is 21.1 Å². The van der Waals surface area contributed by atoms with Gasteiger partial charge >= 0.3 is 5.97 Å². The Morgan fingerprint density at radius 3 is 2.46 bits per heavy atom. The zero-order chi connectivity index (χ0) is 26.6. The van der Waals surface area contributed by atoms with Crippen LogP contribution in [0.2, 0.25) is 0 Å². The Morgan fingerprint density at radius 2 is 1.78 bits per heavy atom. The molecule has 2 atom stereocenters. The van der Waals surface area contributed by atoms with Gasteiger partial charge in [-0.15, -0.1) is 0 Å². The van der Waals surface area contributed by atoms with Gasteiger partial charge in [-0.05, 0) is 41.7 Å². The van der Waals surface area contributed by atoms with E-state index in [0.717, 1.165) is 16.7 Å². The lowest BCUT2D eigenvalue weighted by atomic mass is 9.97. The average molecular weight is 541 g/mol. The van der Waals surface area contributed by atoms with Crippen LogP contribution in [0.4, 0.5) is 5.69 Å². The van der Waals surface area contributed by atoms with E-state index in [-0.39, 0.29) is 18.5 Å². The number of carbonyl (C=O) groups is 2. The molecule has 1 amide bonds. The number of pyridine rings is 1. The van der Waals surface area contributed by atoms with Crippen LogP contribution in [0.1, 0.15) is 6.42 Å². The molecule has 0 aliphatic heterocycles. The van der Waals surface area contributed by atoms with Gasteiger partial charge in [0.15, 0.2) is 6.61 Å². The van der Waals surface area contributed by atoms with Crippen LogP contribution in [0.3, 0.4) is 0 Å². The Balaban J connectivity index is 1.86. The first-order valence-electron chi connectivity index (χ1n) is 11.8. The topological polar surface area (TPSA) is 127 Å². The van der Waals surface area contributed by atoms with Crippen molar-refractivity contribution in [3.63, 3.8) is 0 Å². The van der Waals surface area contributed by atoms with E-state index < -0.39 is 17.9 Å². The fourth-order valence-electron chi connectivity index (χ4n) is 3.58. The largest absolute Gasteiger partial charge is 0.480 e. The summed E-state index contributed by atoms with van der Waals surface area (Å²) < 4.78 is 5.81. The van der Waals surface area contributed by atoms with Crippen LogP contribution >= 0.6 is 24.4 Å². The van der Waals surface area contributed by atoms with Crippen LogP contribution in [0.5, 0.6) is 5.88 Å². The lowest BCUT2D eigenvalue weighted by molar-refractivity contribution is -0.142. The molecule has 10 heteroatoms. The molecule has 0 aliphatic rings. The van der Waals surface area contributed by atoms with E-state index in [1.165, 1.54) is 11.8 Å². The highest BCUT2D eigenvalue weighted by Gasteiger charge is 2.20. The predicted octanol–water partition coefficient (Wildman–Crippen LogP) is 3.79. The summed E-state index contributed by atoms with van der Waals surface area (Å²) in [5.41, 5.74) is 10.2. The van der Waals surface area contributed by atoms with Crippen molar-refractivity contribution < 1.29 is 19.4 Å². The summed E-state index contributed by atoms with van der Waals surface area (Å²) in [5.74, 6) is -0.291. The van der Waals surface area contributed by atoms with E-state index in [0.29, 0.717) is 35.9 Å². The molecular weight excluding hydrogens is 508 g/mol. The van der Waals surface area contributed by atoms with Crippen molar-refractivity contribution in [1.82, 2.24) is 10.3 Å². The van der Waals surface area contributed by atoms with Gasteiger partial charge in [-0.25, -0.2) is 9.78 Å². The molecule has 0 saturated carbocycles. The number of carboxylic acids is 1. The highest BCUT2D eigenvalue weighted by Crippen LogP contribution is 2.33. The number of hydrogen-bond acceptors (Lipinski definition) is 8. The number of thiol groups is 1. The third-order valence-corrected chi connectivity index (χ3v) is 6.63. The highest BCUT2D eigenvalue weighted by atomic mass is 32.2. The van der Waals surface area contributed by atoms with Gasteiger partial charge < -0.3 is 26.2 Å². The first kappa shape index (κ1) is 28.4. The SMILES string of the molecule is CSCC[C@H](NC(=O)COc1nc(-c2ccccc2-c2ccccc2)ccc1NCC(N)CS)C(=O)O. The molecule has 0 spiro atoms. The molecule has 0 bridgehead atoms. The van der Waals surface area contributed by atoms with E-state index in [1.54, 1.807) is 0 Å². The molecule has 8 nitrogen and oxygen atoms in total. The van der Waals surface area contributed by atoms with Crippen molar-refractivity contribution in [2.75, 3.05) is 36.2 Å². The quantitative estimate of drug-likeness (QED) is 0.196. The van der Waals surface area contributed by atoms with E-state index in [1.807, 2.05) is 73.0 Å². The van der Waals surface area contributed by atoms with Crippen molar-refractivity contribution in [1.29, 1.82) is 0 Å². The Morgan fingerprint density at radius 1 is 1.08 bits per heavy atom. The summed E-state index contributed by atoms with van der Waals surface area (Å²) in [6.45, 7) is 0.0522. The maximum absolute atomic E-state index is 12.5. The number of rotatable bonds is 14. The number of thioether (sulfide) groups is 1. The Kier molecular flexibility index (Phi) is 11.1. The third kappa shape index (κ3) is 8.41. The molecule has 1 unspecified atom stereocenters. The second-order valence-corrected chi connectivity index (χ2v) is 9.66. The van der Waals surface area contributed by atoms with Crippen LogP contribution in [-0.2, 0) is 9.59 Å². The van der Waals surface area contributed by atoms with Gasteiger partial charge in [0.1, 0.15) is 6.04 Å². The van der Waals surface area contributed by atoms with E-state index in [9.17, 15) is 14.7 Å². The fourth-order valence-corrected chi connectivity index (χ4v) is 4.18. The second kappa shape index (κ2) is 14.5. The van der Waals surface area contributed by atoms with E-state index in [2.05, 4.69) is 23.3 Å². The van der Waals surface area contributed by atoms with Crippen molar-refractivity contribution >= 4 is 42.0 Å². The molecule has 0 saturated heterocycles. The molecule has 3 rings (SSSR count). The van der Waals surface area contributed by atoms with Crippen LogP contribution in [0.15, 0.2) is 66.7 Å². The smallest absolute Gasteiger partial charge is 0.326 e. The minimum absolute atomic E-state index is 0.189. The number of nitrogens with one attached hydrogen (secondary N) is 2. The Bertz CT molecular complexity index is 1180. The van der Waals surface area contributed by atoms with Gasteiger partial charge in [-0.3, -0.25) is 4.79 Å². The number of aromatic nitrogens is 1. The molecular formula is C27H32N4O4S2. The molecule has 1 aromatic heterocycles. The van der Waals surface area contributed by atoms with Crippen LogP contribution in [0, 0.1) is 0 Å². The summed E-state index contributed by atoms with van der Waals surface area (Å²) in [6.07, 6.45) is 2.20. The zero-order valence-electron chi connectivity index (χ0n) is 20.6. The highest BCUT2D eigenvalue weighted by molar-refractivity contribution is 7.98. The average Bonchev–Trinajstić information content (AvgIpc) is 2.93. The number of nitrogens with two attached hydrogens (primary N) is 1. The lowest BCUT2D eigenvalue weighted by Gasteiger charge is -2.18. The molecule has 0 radical (unpaired) electrons. The number of nitrogens with zero attached hydrogens (tertiary/aromatic N) is 1. The molecule has 0 aliphatic carbocycles. The number of carbonyl (C=O) groups excluding carboxylic acids is 1. The van der Waals surface area contributed by atoms with Crippen molar-refractivity contribution in [2.24, 2.45) is 5.73 Å². The molecule has 3 aromatic rings. The maximum Gasteiger partial charge on any atom is 0.326 e. The summed E-state index contributed by atoms with van der Waals surface area (Å²) in [7, 11) is 0. The number of anilines is 1.